The number of hydrogen-bond donors (Lipinski definition) is 0. The van der Waals surface area contributed by atoms with Crippen LogP contribution in [0, 0.1) is 27.7 Å². The lowest BCUT2D eigenvalue weighted by Gasteiger charge is -2.03. The molecule has 2 rings (SSSR count). The van der Waals surface area contributed by atoms with E-state index in [2.05, 4.69) is 76.2 Å². The molecule has 0 atom stereocenters. The molecule has 0 saturated heterocycles. The van der Waals surface area contributed by atoms with Crippen LogP contribution in [0.25, 0.3) is 6.08 Å². The van der Waals surface area contributed by atoms with Crippen LogP contribution in [0.5, 0.6) is 0 Å². The van der Waals surface area contributed by atoms with Crippen molar-refractivity contribution in [2.24, 2.45) is 0 Å². The van der Waals surface area contributed by atoms with Gasteiger partial charge >= 0.3 is 0 Å². The van der Waals surface area contributed by atoms with Gasteiger partial charge in [-0.2, -0.15) is 0 Å². The number of hydrogen-bond acceptors (Lipinski definition) is 0. The van der Waals surface area contributed by atoms with Gasteiger partial charge in [0, 0.05) is 0 Å². The van der Waals surface area contributed by atoms with Crippen LogP contribution in [0.1, 0.15) is 33.4 Å². The highest BCUT2D eigenvalue weighted by Crippen LogP contribution is 2.13. The van der Waals surface area contributed by atoms with E-state index in [1.54, 1.807) is 0 Å². The molecule has 0 fully saturated rings. The van der Waals surface area contributed by atoms with Crippen LogP contribution in [-0.2, 0) is 6.42 Å². The average Bonchev–Trinajstić information content (AvgIpc) is 2.38. The highest BCUT2D eigenvalue weighted by atomic mass is 14.0. The summed E-state index contributed by atoms with van der Waals surface area (Å²) in [6.07, 6.45) is 5.45. The third kappa shape index (κ3) is 3.57. The van der Waals surface area contributed by atoms with E-state index in [1.807, 2.05) is 0 Å². The van der Waals surface area contributed by atoms with E-state index >= 15 is 0 Å². The summed E-state index contributed by atoms with van der Waals surface area (Å²) >= 11 is 0. The van der Waals surface area contributed by atoms with Crippen LogP contribution in [0.3, 0.4) is 0 Å². The van der Waals surface area contributed by atoms with E-state index < -0.39 is 0 Å². The number of allylic oxidation sites excluding steroid dienone is 1. The van der Waals surface area contributed by atoms with Crippen molar-refractivity contribution in [3.8, 4) is 0 Å². The summed E-state index contributed by atoms with van der Waals surface area (Å²) in [5, 5.41) is 0. The topological polar surface area (TPSA) is 0 Å². The Kier molecular flexibility index (Phi) is 4.21. The third-order valence-corrected chi connectivity index (χ3v) is 3.77. The first-order valence-electron chi connectivity index (χ1n) is 6.86. The van der Waals surface area contributed by atoms with Gasteiger partial charge < -0.3 is 0 Å². The maximum atomic E-state index is 2.28. The van der Waals surface area contributed by atoms with Crippen LogP contribution < -0.4 is 0 Å². The molecule has 0 heterocycles. The zero-order chi connectivity index (χ0) is 13.8. The fourth-order valence-corrected chi connectivity index (χ4v) is 2.13. The Morgan fingerprint density at radius 3 is 2.00 bits per heavy atom. The molecular weight excluding hydrogens is 228 g/mol. The van der Waals surface area contributed by atoms with Crippen molar-refractivity contribution in [2.45, 2.75) is 34.1 Å². The Bertz CT molecular complexity index is 603. The molecule has 2 aromatic carbocycles. The first-order chi connectivity index (χ1) is 9.06. The molecule has 0 bridgehead atoms. The molecule has 0 radical (unpaired) electrons. The van der Waals surface area contributed by atoms with Crippen LogP contribution in [0.15, 0.2) is 42.5 Å². The minimum atomic E-state index is 0.994. The average molecular weight is 250 g/mol. The van der Waals surface area contributed by atoms with Gasteiger partial charge in [-0.3, -0.25) is 0 Å². The quantitative estimate of drug-likeness (QED) is 0.704. The lowest BCUT2D eigenvalue weighted by atomic mass is 10.0. The largest absolute Gasteiger partial charge is 0.0795 e. The molecule has 98 valence electrons. The first-order valence-corrected chi connectivity index (χ1v) is 6.86. The normalized spacial score (nSPS) is 11.2. The summed E-state index contributed by atoms with van der Waals surface area (Å²) in [5.74, 6) is 0. The standard InChI is InChI=1S/C19H22/c1-14-8-10-18(12-16(14)3)6-5-7-19-11-9-15(2)17(4)13-19/h5-6,8-13H,7H2,1-4H3/b6-5+. The minimum Gasteiger partial charge on any atom is -0.0795 e. The van der Waals surface area contributed by atoms with Crippen LogP contribution in [-0.4, -0.2) is 0 Å². The highest BCUT2D eigenvalue weighted by Gasteiger charge is 1.95. The summed E-state index contributed by atoms with van der Waals surface area (Å²) in [7, 11) is 0. The fourth-order valence-electron chi connectivity index (χ4n) is 2.13. The SMILES string of the molecule is Cc1ccc(/C=C/Cc2ccc(C)c(C)c2)cc1C. The summed E-state index contributed by atoms with van der Waals surface area (Å²) in [5.41, 5.74) is 8.11. The van der Waals surface area contributed by atoms with Crippen molar-refractivity contribution in [2.75, 3.05) is 0 Å². The Morgan fingerprint density at radius 2 is 1.37 bits per heavy atom. The van der Waals surface area contributed by atoms with Gasteiger partial charge in [0.05, 0.1) is 0 Å². The molecule has 0 amide bonds. The van der Waals surface area contributed by atoms with Crippen molar-refractivity contribution in [3.05, 3.63) is 75.9 Å². The van der Waals surface area contributed by atoms with Crippen molar-refractivity contribution >= 4 is 6.08 Å². The molecule has 0 nitrogen and oxygen atoms in total. The summed E-state index contributed by atoms with van der Waals surface area (Å²) in [6.45, 7) is 8.64. The Morgan fingerprint density at radius 1 is 0.737 bits per heavy atom. The third-order valence-electron chi connectivity index (χ3n) is 3.77. The van der Waals surface area contributed by atoms with Gasteiger partial charge in [-0.1, -0.05) is 48.6 Å². The van der Waals surface area contributed by atoms with Crippen LogP contribution in [0.4, 0.5) is 0 Å². The van der Waals surface area contributed by atoms with E-state index in [-0.39, 0.29) is 0 Å². The van der Waals surface area contributed by atoms with Crippen LogP contribution >= 0.6 is 0 Å². The van der Waals surface area contributed by atoms with E-state index in [0.29, 0.717) is 0 Å². The molecule has 19 heavy (non-hydrogen) atoms. The first kappa shape index (κ1) is 13.6. The Labute approximate surface area is 116 Å². The predicted octanol–water partition coefficient (Wildman–Crippen LogP) is 5.18. The van der Waals surface area contributed by atoms with Crippen molar-refractivity contribution < 1.29 is 0 Å². The second-order valence-electron chi connectivity index (χ2n) is 5.37. The Hall–Kier alpha value is -1.82. The molecule has 2 aromatic rings. The second-order valence-corrected chi connectivity index (χ2v) is 5.37. The van der Waals surface area contributed by atoms with Crippen molar-refractivity contribution in [3.63, 3.8) is 0 Å². The van der Waals surface area contributed by atoms with Gasteiger partial charge in [0.2, 0.25) is 0 Å². The highest BCUT2D eigenvalue weighted by molar-refractivity contribution is 5.52. The van der Waals surface area contributed by atoms with E-state index in [9.17, 15) is 0 Å². The molecule has 0 aliphatic carbocycles. The molecule has 0 spiro atoms. The molecule has 0 aliphatic heterocycles. The fraction of sp³-hybridized carbons (Fsp3) is 0.263. The monoisotopic (exact) mass is 250 g/mol. The molecule has 0 saturated carbocycles. The zero-order valence-electron chi connectivity index (χ0n) is 12.3. The van der Waals surface area contributed by atoms with Crippen molar-refractivity contribution in [1.82, 2.24) is 0 Å². The molecular formula is C19H22. The van der Waals surface area contributed by atoms with Crippen molar-refractivity contribution in [1.29, 1.82) is 0 Å². The molecule has 0 aromatic heterocycles. The summed E-state index contributed by atoms with van der Waals surface area (Å²) in [6, 6.07) is 13.3. The Balaban J connectivity index is 2.06. The predicted molar refractivity (Wildman–Crippen MR) is 84.6 cm³/mol. The summed E-state index contributed by atoms with van der Waals surface area (Å²) < 4.78 is 0. The smallest absolute Gasteiger partial charge is 0.00940 e. The van der Waals surface area contributed by atoms with Gasteiger partial charge in [0.15, 0.2) is 0 Å². The van der Waals surface area contributed by atoms with Gasteiger partial charge in [-0.25, -0.2) is 0 Å². The lowest BCUT2D eigenvalue weighted by molar-refractivity contribution is 1.22. The van der Waals surface area contributed by atoms with Crippen LogP contribution in [0.2, 0.25) is 0 Å². The molecule has 0 unspecified atom stereocenters. The lowest BCUT2D eigenvalue weighted by Crippen LogP contribution is -1.86. The molecule has 0 N–H and O–H groups in total. The van der Waals surface area contributed by atoms with Gasteiger partial charge in [0.1, 0.15) is 0 Å². The van der Waals surface area contributed by atoms with Gasteiger partial charge in [-0.15, -0.1) is 0 Å². The molecule has 0 heteroatoms. The minimum absolute atomic E-state index is 0.994. The number of rotatable bonds is 3. The second kappa shape index (κ2) is 5.88. The van der Waals surface area contributed by atoms with E-state index in [1.165, 1.54) is 33.4 Å². The number of benzene rings is 2. The maximum Gasteiger partial charge on any atom is -0.00940 e. The van der Waals surface area contributed by atoms with Gasteiger partial charge in [0.25, 0.3) is 0 Å². The van der Waals surface area contributed by atoms with E-state index in [4.69, 9.17) is 0 Å². The molecule has 0 aliphatic rings. The van der Waals surface area contributed by atoms with E-state index in [0.717, 1.165) is 6.42 Å². The van der Waals surface area contributed by atoms with Gasteiger partial charge in [-0.05, 0) is 67.5 Å². The zero-order valence-corrected chi connectivity index (χ0v) is 12.3. The maximum absolute atomic E-state index is 2.28. The number of aryl methyl sites for hydroxylation is 4. The summed E-state index contributed by atoms with van der Waals surface area (Å²) in [4.78, 5) is 0.